The summed E-state index contributed by atoms with van der Waals surface area (Å²) < 4.78 is 30.8. The van der Waals surface area contributed by atoms with Gasteiger partial charge in [-0.3, -0.25) is 9.59 Å². The van der Waals surface area contributed by atoms with E-state index in [1.165, 1.54) is 13.8 Å². The maximum Gasteiger partial charge on any atom is 0.303 e. The van der Waals surface area contributed by atoms with Crippen molar-refractivity contribution in [3.05, 3.63) is 11.1 Å². The van der Waals surface area contributed by atoms with Crippen molar-refractivity contribution in [3.63, 3.8) is 0 Å². The Morgan fingerprint density at radius 1 is 0.962 bits per heavy atom. The van der Waals surface area contributed by atoms with E-state index >= 15 is 0 Å². The molecule has 12 heteroatoms. The molecule has 0 bridgehead atoms. The van der Waals surface area contributed by atoms with Gasteiger partial charge in [0.05, 0.1) is 36.1 Å². The lowest BCUT2D eigenvalue weighted by Gasteiger charge is -2.54. The van der Waals surface area contributed by atoms with Crippen molar-refractivity contribution in [1.82, 2.24) is 5.32 Å². The zero-order valence-corrected chi connectivity index (χ0v) is 33.9. The minimum atomic E-state index is -1.38. The quantitative estimate of drug-likeness (QED) is 0.149. The highest BCUT2D eigenvalue weighted by atomic mass is 16.7. The summed E-state index contributed by atoms with van der Waals surface area (Å²) in [6, 6.07) is -1.02. The van der Waals surface area contributed by atoms with Crippen LogP contribution in [0.1, 0.15) is 133 Å². The second-order valence-corrected chi connectivity index (χ2v) is 18.8. The first-order valence-corrected chi connectivity index (χ1v) is 20.0. The second-order valence-electron chi connectivity index (χ2n) is 18.8. The van der Waals surface area contributed by atoms with Crippen LogP contribution in [-0.4, -0.2) is 112 Å². The lowest BCUT2D eigenvalue weighted by atomic mass is 9.53. The van der Waals surface area contributed by atoms with Gasteiger partial charge in [0.1, 0.15) is 30.5 Å². The van der Waals surface area contributed by atoms with E-state index in [2.05, 4.69) is 26.1 Å². The molecule has 0 aromatic rings. The van der Waals surface area contributed by atoms with Gasteiger partial charge >= 0.3 is 5.97 Å². The van der Waals surface area contributed by atoms with Crippen LogP contribution >= 0.6 is 0 Å². The summed E-state index contributed by atoms with van der Waals surface area (Å²) in [7, 11) is 1.64. The lowest BCUT2D eigenvalue weighted by Crippen LogP contribution is -2.66. The Morgan fingerprint density at radius 3 is 2.28 bits per heavy atom. The van der Waals surface area contributed by atoms with Crippen molar-refractivity contribution in [2.45, 2.75) is 199 Å². The molecule has 13 atom stereocenters. The first-order chi connectivity index (χ1) is 24.6. The summed E-state index contributed by atoms with van der Waals surface area (Å²) in [5.74, 6) is -0.407. The Labute approximate surface area is 316 Å². The summed E-state index contributed by atoms with van der Waals surface area (Å²) in [6.45, 7) is 17.0. The molecular weight excluding hydrogens is 682 g/mol. The average Bonchev–Trinajstić information content (AvgIpc) is 3.45. The molecule has 1 amide bonds. The van der Waals surface area contributed by atoms with Crippen molar-refractivity contribution in [2.24, 2.45) is 22.2 Å². The van der Waals surface area contributed by atoms with E-state index in [1.54, 1.807) is 18.3 Å². The van der Waals surface area contributed by atoms with Crippen molar-refractivity contribution in [1.29, 1.82) is 0 Å². The molecule has 5 aliphatic rings. The van der Waals surface area contributed by atoms with E-state index in [1.807, 2.05) is 27.7 Å². The van der Waals surface area contributed by atoms with Crippen LogP contribution in [0, 0.1) is 22.2 Å². The SMILES string of the molecule is COC(C)(C)C(CCC1(C)C(O)CCC2(C)C(=C3CCC4OC(C(C)(C)OC5OC(CO)C(O)C(O)C5NC(C)=O)CCC4(C)C3)CCC21)OC(C)=O. The van der Waals surface area contributed by atoms with Gasteiger partial charge < -0.3 is 49.4 Å². The molecular formula is C41H69NO11. The molecule has 53 heavy (non-hydrogen) atoms. The van der Waals surface area contributed by atoms with E-state index < -0.39 is 66.6 Å². The molecule has 12 nitrogen and oxygen atoms in total. The Morgan fingerprint density at radius 2 is 1.66 bits per heavy atom. The number of carbonyl (C=O) groups is 2. The number of aliphatic hydroxyl groups is 4. The van der Waals surface area contributed by atoms with Gasteiger partial charge in [-0.2, -0.15) is 0 Å². The number of rotatable bonds is 11. The van der Waals surface area contributed by atoms with E-state index in [4.69, 9.17) is 23.7 Å². The number of fused-ring (bicyclic) bond motifs is 2. The lowest BCUT2D eigenvalue weighted by molar-refractivity contribution is -0.316. The fourth-order valence-corrected chi connectivity index (χ4v) is 11.0. The zero-order chi connectivity index (χ0) is 39.3. The maximum atomic E-state index is 12.0. The zero-order valence-electron chi connectivity index (χ0n) is 33.9. The number of allylic oxidation sites excluding steroid dienone is 2. The van der Waals surface area contributed by atoms with E-state index in [9.17, 15) is 30.0 Å². The first kappa shape index (κ1) is 42.5. The number of methoxy groups -OCH3 is 1. The molecule has 5 fully saturated rings. The van der Waals surface area contributed by atoms with Gasteiger partial charge in [0.2, 0.25) is 5.91 Å². The smallest absolute Gasteiger partial charge is 0.303 e. The third kappa shape index (κ3) is 8.27. The molecule has 0 radical (unpaired) electrons. The van der Waals surface area contributed by atoms with Crippen LogP contribution in [0.15, 0.2) is 11.1 Å². The number of nitrogens with one attached hydrogen (secondary N) is 1. The predicted octanol–water partition coefficient (Wildman–Crippen LogP) is 4.47. The van der Waals surface area contributed by atoms with Crippen molar-refractivity contribution in [3.8, 4) is 0 Å². The van der Waals surface area contributed by atoms with Gasteiger partial charge in [0.25, 0.3) is 0 Å². The van der Waals surface area contributed by atoms with Gasteiger partial charge in [0, 0.05) is 21.0 Å². The fourth-order valence-electron chi connectivity index (χ4n) is 11.0. The van der Waals surface area contributed by atoms with Crippen LogP contribution in [-0.2, 0) is 33.3 Å². The van der Waals surface area contributed by atoms with Crippen molar-refractivity contribution >= 4 is 11.9 Å². The van der Waals surface area contributed by atoms with Gasteiger partial charge in [-0.05, 0) is 120 Å². The molecule has 5 N–H and O–H groups in total. The summed E-state index contributed by atoms with van der Waals surface area (Å²) in [5.41, 5.74) is 1.25. The highest BCUT2D eigenvalue weighted by Crippen LogP contribution is 2.65. The Bertz CT molecular complexity index is 1370. The standard InChI is InChI=1S/C41H69NO11/c1-23(44)42-33-35(48)34(47)27(22-43)51-36(33)53-38(5,6)31-16-18-39(7)21-25(11-14-32(39)52-31)26-12-13-28-40(26,8)19-15-29(46)41(28,9)20-17-30(50-24(2)45)37(3,4)49-10/h27-36,43,46-48H,11-22H2,1-10H3,(H,42,44). The summed E-state index contributed by atoms with van der Waals surface area (Å²) >= 11 is 0. The topological polar surface area (TPSA) is 173 Å². The van der Waals surface area contributed by atoms with E-state index in [0.29, 0.717) is 12.3 Å². The van der Waals surface area contributed by atoms with Crippen LogP contribution in [0.25, 0.3) is 0 Å². The first-order valence-electron chi connectivity index (χ1n) is 20.0. The molecule has 0 aromatic heterocycles. The number of ether oxygens (including phenoxy) is 5. The second kappa shape index (κ2) is 15.7. The number of hydrogen-bond acceptors (Lipinski definition) is 11. The van der Waals surface area contributed by atoms with Crippen molar-refractivity contribution < 1.29 is 53.7 Å². The van der Waals surface area contributed by atoms with Crippen molar-refractivity contribution in [2.75, 3.05) is 13.7 Å². The van der Waals surface area contributed by atoms with Crippen LogP contribution in [0.2, 0.25) is 0 Å². The minimum Gasteiger partial charge on any atom is -0.460 e. The molecule has 304 valence electrons. The summed E-state index contributed by atoms with van der Waals surface area (Å²) in [6.07, 6.45) is 3.64. The van der Waals surface area contributed by atoms with Crippen LogP contribution < -0.4 is 5.32 Å². The molecule has 3 aliphatic carbocycles. The van der Waals surface area contributed by atoms with Crippen LogP contribution in [0.4, 0.5) is 0 Å². The maximum absolute atomic E-state index is 12.0. The van der Waals surface area contributed by atoms with Crippen LogP contribution in [0.3, 0.4) is 0 Å². The van der Waals surface area contributed by atoms with E-state index in [0.717, 1.165) is 64.2 Å². The van der Waals surface area contributed by atoms with Gasteiger partial charge in [-0.15, -0.1) is 0 Å². The molecule has 2 aliphatic heterocycles. The molecule has 2 saturated heterocycles. The molecule has 0 aromatic carbocycles. The Kier molecular flexibility index (Phi) is 12.6. The fraction of sp³-hybridized carbons (Fsp3) is 0.902. The number of esters is 1. The third-order valence-electron chi connectivity index (χ3n) is 14.5. The minimum absolute atomic E-state index is 0.0108. The molecule has 2 heterocycles. The number of aliphatic hydroxyl groups excluding tert-OH is 4. The normalized spacial score (nSPS) is 42.7. The third-order valence-corrected chi connectivity index (χ3v) is 14.5. The van der Waals surface area contributed by atoms with Crippen LogP contribution in [0.5, 0.6) is 0 Å². The van der Waals surface area contributed by atoms with Gasteiger partial charge in [-0.25, -0.2) is 0 Å². The number of hydrogen-bond donors (Lipinski definition) is 5. The Hall–Kier alpha value is -1.64. The highest BCUT2D eigenvalue weighted by Gasteiger charge is 2.59. The van der Waals surface area contributed by atoms with Gasteiger partial charge in [0.15, 0.2) is 6.29 Å². The molecule has 3 saturated carbocycles. The Balaban J connectivity index is 1.29. The van der Waals surface area contributed by atoms with E-state index in [-0.39, 0.29) is 34.4 Å². The molecule has 5 rings (SSSR count). The summed E-state index contributed by atoms with van der Waals surface area (Å²) in [4.78, 5) is 24.0. The molecule has 0 spiro atoms. The predicted molar refractivity (Wildman–Crippen MR) is 197 cm³/mol. The number of carbonyl (C=O) groups excluding carboxylic acids is 2. The number of amides is 1. The summed E-state index contributed by atoms with van der Waals surface area (Å²) in [5, 5.41) is 45.3. The monoisotopic (exact) mass is 751 g/mol. The van der Waals surface area contributed by atoms with Gasteiger partial charge in [-0.1, -0.05) is 31.9 Å². The molecule has 13 unspecified atom stereocenters. The average molecular weight is 752 g/mol. The largest absolute Gasteiger partial charge is 0.460 e. The highest BCUT2D eigenvalue weighted by molar-refractivity contribution is 5.73.